The molecule has 1 heterocycles. The first kappa shape index (κ1) is 18.2. The molecule has 0 spiro atoms. The molecule has 0 amide bonds. The zero-order chi connectivity index (χ0) is 18.7. The number of ketones is 1. The van der Waals surface area contributed by atoms with Crippen molar-refractivity contribution in [3.63, 3.8) is 0 Å². The summed E-state index contributed by atoms with van der Waals surface area (Å²) < 4.78 is 16.3. The van der Waals surface area contributed by atoms with Crippen LogP contribution in [0.25, 0.3) is 10.1 Å². The third-order valence-corrected chi connectivity index (χ3v) is 5.42. The minimum Gasteiger partial charge on any atom is -0.493 e. The number of hydrogen-bond acceptors (Lipinski definition) is 6. The van der Waals surface area contributed by atoms with Crippen molar-refractivity contribution in [3.05, 3.63) is 57.9 Å². The lowest BCUT2D eigenvalue weighted by Crippen LogP contribution is -2.14. The highest BCUT2D eigenvalue weighted by atomic mass is 35.5. The van der Waals surface area contributed by atoms with Gasteiger partial charge in [0.2, 0.25) is 0 Å². The maximum absolute atomic E-state index is 12.3. The first-order chi connectivity index (χ1) is 12.5. The Hall–Kier alpha value is -2.57. The van der Waals surface area contributed by atoms with Crippen LogP contribution in [-0.2, 0) is 4.74 Å². The van der Waals surface area contributed by atoms with Crippen molar-refractivity contribution in [3.8, 4) is 11.5 Å². The second-order valence-electron chi connectivity index (χ2n) is 5.31. The van der Waals surface area contributed by atoms with E-state index in [1.807, 2.05) is 24.3 Å². The molecule has 3 rings (SSSR count). The van der Waals surface area contributed by atoms with Gasteiger partial charge in [-0.1, -0.05) is 29.8 Å². The Morgan fingerprint density at radius 1 is 1.04 bits per heavy atom. The zero-order valence-corrected chi connectivity index (χ0v) is 15.6. The second kappa shape index (κ2) is 7.76. The lowest BCUT2D eigenvalue weighted by molar-refractivity contribution is 0.0480. The normalized spacial score (nSPS) is 10.6. The van der Waals surface area contributed by atoms with E-state index < -0.39 is 5.97 Å². The summed E-state index contributed by atoms with van der Waals surface area (Å²) in [6, 6.07) is 12.2. The van der Waals surface area contributed by atoms with E-state index in [0.29, 0.717) is 22.1 Å². The van der Waals surface area contributed by atoms with Crippen molar-refractivity contribution >= 4 is 44.8 Å². The minimum atomic E-state index is -0.620. The lowest BCUT2D eigenvalue weighted by Gasteiger charge is -2.09. The van der Waals surface area contributed by atoms with Crippen molar-refractivity contribution in [1.29, 1.82) is 0 Å². The largest absolute Gasteiger partial charge is 0.493 e. The maximum atomic E-state index is 12.3. The van der Waals surface area contributed by atoms with Gasteiger partial charge in [-0.25, -0.2) is 4.79 Å². The Balaban J connectivity index is 1.72. The van der Waals surface area contributed by atoms with E-state index in [4.69, 9.17) is 25.8 Å². The Morgan fingerprint density at radius 2 is 1.77 bits per heavy atom. The Labute approximate surface area is 159 Å². The summed E-state index contributed by atoms with van der Waals surface area (Å²) in [5, 5.41) is 1.13. The Morgan fingerprint density at radius 3 is 2.46 bits per heavy atom. The van der Waals surface area contributed by atoms with Gasteiger partial charge in [0.15, 0.2) is 23.9 Å². The van der Waals surface area contributed by atoms with Crippen molar-refractivity contribution < 1.29 is 23.8 Å². The number of carbonyl (C=O) groups excluding carboxylic acids is 2. The summed E-state index contributed by atoms with van der Waals surface area (Å²) in [6.45, 7) is -0.390. The summed E-state index contributed by atoms with van der Waals surface area (Å²) >= 11 is 7.49. The number of ether oxygens (including phenoxy) is 3. The number of halogens is 1. The molecule has 0 N–H and O–H groups in total. The SMILES string of the molecule is COc1ccc(C(=O)COC(=O)c2sc3ccccc3c2Cl)cc1OC. The molecule has 134 valence electrons. The molecule has 0 radical (unpaired) electrons. The van der Waals surface area contributed by atoms with Gasteiger partial charge in [-0.15, -0.1) is 11.3 Å². The summed E-state index contributed by atoms with van der Waals surface area (Å²) in [5.41, 5.74) is 0.359. The fourth-order valence-corrected chi connectivity index (χ4v) is 3.84. The van der Waals surface area contributed by atoms with Crippen LogP contribution in [0.2, 0.25) is 5.02 Å². The number of hydrogen-bond donors (Lipinski definition) is 0. The van der Waals surface area contributed by atoms with E-state index in [0.717, 1.165) is 10.1 Å². The predicted molar refractivity (Wildman–Crippen MR) is 101 cm³/mol. The van der Waals surface area contributed by atoms with E-state index in [2.05, 4.69) is 0 Å². The van der Waals surface area contributed by atoms with Crippen LogP contribution in [0, 0.1) is 0 Å². The number of esters is 1. The monoisotopic (exact) mass is 390 g/mol. The summed E-state index contributed by atoms with van der Waals surface area (Å²) in [7, 11) is 2.99. The fourth-order valence-electron chi connectivity index (χ4n) is 2.43. The highest BCUT2D eigenvalue weighted by Gasteiger charge is 2.20. The van der Waals surface area contributed by atoms with Crippen molar-refractivity contribution in [2.24, 2.45) is 0 Å². The molecule has 0 unspecified atom stereocenters. The van der Waals surface area contributed by atoms with Gasteiger partial charge in [0.25, 0.3) is 0 Å². The van der Waals surface area contributed by atoms with Gasteiger partial charge in [0.05, 0.1) is 19.2 Å². The van der Waals surface area contributed by atoms with Crippen LogP contribution in [0.15, 0.2) is 42.5 Å². The first-order valence-corrected chi connectivity index (χ1v) is 8.84. The topological polar surface area (TPSA) is 61.8 Å². The molecule has 0 fully saturated rings. The summed E-state index contributed by atoms with van der Waals surface area (Å²) in [4.78, 5) is 24.9. The molecule has 0 aliphatic heterocycles. The molecule has 0 aliphatic carbocycles. The number of methoxy groups -OCH3 is 2. The zero-order valence-electron chi connectivity index (χ0n) is 14.1. The van der Waals surface area contributed by atoms with Crippen molar-refractivity contribution in [1.82, 2.24) is 0 Å². The highest BCUT2D eigenvalue weighted by Crippen LogP contribution is 2.35. The Kier molecular flexibility index (Phi) is 5.44. The molecule has 0 atom stereocenters. The molecule has 0 saturated heterocycles. The van der Waals surface area contributed by atoms with E-state index in [9.17, 15) is 9.59 Å². The molecule has 3 aromatic rings. The van der Waals surface area contributed by atoms with Crippen LogP contribution in [0.1, 0.15) is 20.0 Å². The van der Waals surface area contributed by atoms with Crippen LogP contribution >= 0.6 is 22.9 Å². The molecule has 26 heavy (non-hydrogen) atoms. The van der Waals surface area contributed by atoms with Crippen LogP contribution in [0.3, 0.4) is 0 Å². The Bertz CT molecular complexity index is 979. The quantitative estimate of drug-likeness (QED) is 0.454. The third-order valence-electron chi connectivity index (χ3n) is 3.76. The number of rotatable bonds is 6. The summed E-state index contributed by atoms with van der Waals surface area (Å²) in [5.74, 6) is -0.0307. The molecule has 0 saturated carbocycles. The molecular weight excluding hydrogens is 376 g/mol. The summed E-state index contributed by atoms with van der Waals surface area (Å²) in [6.07, 6.45) is 0. The van der Waals surface area contributed by atoms with Gasteiger partial charge in [0.1, 0.15) is 4.88 Å². The maximum Gasteiger partial charge on any atom is 0.350 e. The fraction of sp³-hybridized carbons (Fsp3) is 0.158. The van der Waals surface area contributed by atoms with E-state index >= 15 is 0 Å². The van der Waals surface area contributed by atoms with Gasteiger partial charge in [0, 0.05) is 15.6 Å². The average molecular weight is 391 g/mol. The van der Waals surface area contributed by atoms with Crippen LogP contribution in [-0.4, -0.2) is 32.6 Å². The highest BCUT2D eigenvalue weighted by molar-refractivity contribution is 7.21. The number of Topliss-reactive ketones (excluding diaryl/α,β-unsaturated/α-hetero) is 1. The number of benzene rings is 2. The molecule has 2 aromatic carbocycles. The second-order valence-corrected chi connectivity index (χ2v) is 6.74. The molecule has 1 aromatic heterocycles. The van der Waals surface area contributed by atoms with E-state index in [1.165, 1.54) is 25.6 Å². The van der Waals surface area contributed by atoms with Crippen LogP contribution in [0.5, 0.6) is 11.5 Å². The lowest BCUT2D eigenvalue weighted by atomic mass is 10.1. The molecule has 0 aliphatic rings. The molecular formula is C19H15ClO5S. The van der Waals surface area contributed by atoms with Gasteiger partial charge < -0.3 is 14.2 Å². The van der Waals surface area contributed by atoms with Crippen LogP contribution in [0.4, 0.5) is 0 Å². The van der Waals surface area contributed by atoms with Gasteiger partial charge >= 0.3 is 5.97 Å². The van der Waals surface area contributed by atoms with Crippen molar-refractivity contribution in [2.45, 2.75) is 0 Å². The van der Waals surface area contributed by atoms with Gasteiger partial charge in [-0.3, -0.25) is 4.79 Å². The van der Waals surface area contributed by atoms with E-state index in [-0.39, 0.29) is 17.3 Å². The molecule has 7 heteroatoms. The predicted octanol–water partition coefficient (Wildman–Crippen LogP) is 4.61. The third kappa shape index (κ3) is 3.52. The van der Waals surface area contributed by atoms with Gasteiger partial charge in [-0.05, 0) is 24.3 Å². The first-order valence-electron chi connectivity index (χ1n) is 7.64. The van der Waals surface area contributed by atoms with E-state index in [1.54, 1.807) is 18.2 Å². The van der Waals surface area contributed by atoms with Gasteiger partial charge in [-0.2, -0.15) is 0 Å². The standard InChI is InChI=1S/C19H15ClO5S/c1-23-14-8-7-11(9-15(14)24-2)13(21)10-25-19(22)18-17(20)12-5-3-4-6-16(12)26-18/h3-9H,10H2,1-2H3. The number of thiophene rings is 1. The van der Waals surface area contributed by atoms with Crippen LogP contribution < -0.4 is 9.47 Å². The smallest absolute Gasteiger partial charge is 0.350 e. The number of fused-ring (bicyclic) bond motifs is 1. The van der Waals surface area contributed by atoms with Crippen molar-refractivity contribution in [2.75, 3.05) is 20.8 Å². The number of carbonyl (C=O) groups is 2. The minimum absolute atomic E-state index is 0.285. The average Bonchev–Trinajstić information content (AvgIpc) is 3.02. The molecule has 5 nitrogen and oxygen atoms in total. The molecule has 0 bridgehead atoms.